The number of hydrogen-bond donors (Lipinski definition) is 1. The van der Waals surface area contributed by atoms with Crippen LogP contribution in [0.4, 0.5) is 15.8 Å². The molecule has 0 radical (unpaired) electrons. The number of anilines is 2. The Hall–Kier alpha value is -1.62. The summed E-state index contributed by atoms with van der Waals surface area (Å²) in [5, 5.41) is 2.82. The molecular formula is C18H26FN3O. The highest BCUT2D eigenvalue weighted by Gasteiger charge is 2.39. The van der Waals surface area contributed by atoms with E-state index in [4.69, 9.17) is 0 Å². The lowest BCUT2D eigenvalue weighted by molar-refractivity contribution is -0.117. The second-order valence-corrected chi connectivity index (χ2v) is 7.16. The first-order chi connectivity index (χ1) is 11.0. The van der Waals surface area contributed by atoms with E-state index in [-0.39, 0.29) is 17.6 Å². The fourth-order valence-electron chi connectivity index (χ4n) is 3.39. The third-order valence-electron chi connectivity index (χ3n) is 5.20. The van der Waals surface area contributed by atoms with Crippen LogP contribution in [0, 0.1) is 17.7 Å². The Labute approximate surface area is 137 Å². The van der Waals surface area contributed by atoms with Crippen LogP contribution in [-0.4, -0.2) is 44.0 Å². The molecule has 0 aromatic heterocycles. The van der Waals surface area contributed by atoms with Crippen LogP contribution in [0.3, 0.4) is 0 Å². The fourth-order valence-corrected chi connectivity index (χ4v) is 3.39. The number of nitrogens with one attached hydrogen (secondary N) is 1. The van der Waals surface area contributed by atoms with Gasteiger partial charge in [0.05, 0.1) is 5.69 Å². The van der Waals surface area contributed by atoms with Crippen molar-refractivity contribution >= 4 is 17.3 Å². The molecule has 1 aromatic carbocycles. The molecule has 2 atom stereocenters. The van der Waals surface area contributed by atoms with Crippen molar-refractivity contribution in [1.82, 2.24) is 4.90 Å². The molecule has 0 spiro atoms. The second-order valence-electron chi connectivity index (χ2n) is 7.16. The molecule has 2 aliphatic rings. The summed E-state index contributed by atoms with van der Waals surface area (Å²) in [4.78, 5) is 16.3. The predicted octanol–water partition coefficient (Wildman–Crippen LogP) is 2.95. The Morgan fingerprint density at radius 2 is 1.96 bits per heavy atom. The molecule has 1 aromatic rings. The number of nitrogens with zero attached hydrogens (tertiary/aromatic N) is 2. The second kappa shape index (κ2) is 6.48. The van der Waals surface area contributed by atoms with E-state index in [0.717, 1.165) is 32.4 Å². The van der Waals surface area contributed by atoms with E-state index < -0.39 is 0 Å². The number of benzene rings is 1. The highest BCUT2D eigenvalue weighted by Crippen LogP contribution is 2.38. The van der Waals surface area contributed by atoms with Crippen LogP contribution in [0.1, 0.15) is 26.2 Å². The third kappa shape index (κ3) is 3.66. The van der Waals surface area contributed by atoms with Crippen molar-refractivity contribution in [3.05, 3.63) is 24.0 Å². The largest absolute Gasteiger partial charge is 0.369 e. The summed E-state index contributed by atoms with van der Waals surface area (Å²) in [5.74, 6) is 0.311. The van der Waals surface area contributed by atoms with E-state index >= 15 is 0 Å². The first-order valence-electron chi connectivity index (χ1n) is 8.47. The van der Waals surface area contributed by atoms with Gasteiger partial charge in [0.15, 0.2) is 0 Å². The number of carbonyl (C=O) groups excluding carboxylic acids is 1. The lowest BCUT2D eigenvalue weighted by atomic mass is 10.0. The average molecular weight is 319 g/mol. The Morgan fingerprint density at radius 1 is 1.30 bits per heavy atom. The van der Waals surface area contributed by atoms with Crippen LogP contribution in [0.5, 0.6) is 0 Å². The van der Waals surface area contributed by atoms with E-state index in [1.165, 1.54) is 6.07 Å². The Kier molecular flexibility index (Phi) is 4.57. The van der Waals surface area contributed by atoms with Crippen molar-refractivity contribution in [2.75, 3.05) is 37.4 Å². The molecule has 1 N–H and O–H groups in total. The number of piperidine rings is 1. The normalized spacial score (nSPS) is 24.8. The van der Waals surface area contributed by atoms with Crippen LogP contribution in [0.15, 0.2) is 18.2 Å². The van der Waals surface area contributed by atoms with Crippen molar-refractivity contribution in [1.29, 1.82) is 0 Å². The Balaban J connectivity index is 1.62. The SMILES string of the molecule is C[C@H]1C[C@@H]1C(=O)Nc1ccc(N2CCC(N(C)C)CC2)c(F)c1. The standard InChI is InChI=1S/C18H26FN3O/c1-12-10-15(12)18(23)20-13-4-5-17(16(19)11-13)22-8-6-14(7-9-22)21(2)3/h4-5,11-12,14-15H,6-10H2,1-3H3,(H,20,23)/t12-,15-/m0/s1. The van der Waals surface area contributed by atoms with Gasteiger partial charge in [-0.1, -0.05) is 6.92 Å². The van der Waals surface area contributed by atoms with Gasteiger partial charge in [-0.25, -0.2) is 4.39 Å². The highest BCUT2D eigenvalue weighted by molar-refractivity contribution is 5.94. The molecule has 0 unspecified atom stereocenters. The fraction of sp³-hybridized carbons (Fsp3) is 0.611. The zero-order chi connectivity index (χ0) is 16.6. The van der Waals surface area contributed by atoms with Crippen LogP contribution in [0.2, 0.25) is 0 Å². The maximum absolute atomic E-state index is 14.4. The lowest BCUT2D eigenvalue weighted by Gasteiger charge is -2.36. The van der Waals surface area contributed by atoms with Crippen molar-refractivity contribution in [3.8, 4) is 0 Å². The molecule has 1 aliphatic heterocycles. The smallest absolute Gasteiger partial charge is 0.227 e. The molecule has 1 saturated heterocycles. The van der Waals surface area contributed by atoms with Gasteiger partial charge in [0.25, 0.3) is 0 Å². The number of halogens is 1. The van der Waals surface area contributed by atoms with E-state index in [1.807, 2.05) is 0 Å². The Bertz CT molecular complexity index is 582. The summed E-state index contributed by atoms with van der Waals surface area (Å²) in [6.07, 6.45) is 3.03. The zero-order valence-electron chi connectivity index (χ0n) is 14.2. The molecule has 4 nitrogen and oxygen atoms in total. The van der Waals surface area contributed by atoms with Crippen LogP contribution < -0.4 is 10.2 Å². The van der Waals surface area contributed by atoms with Crippen molar-refractivity contribution in [2.24, 2.45) is 11.8 Å². The summed E-state index contributed by atoms with van der Waals surface area (Å²) in [6, 6.07) is 5.62. The Morgan fingerprint density at radius 3 is 2.48 bits per heavy atom. The third-order valence-corrected chi connectivity index (χ3v) is 5.20. The van der Waals surface area contributed by atoms with E-state index in [2.05, 4.69) is 36.1 Å². The molecule has 1 saturated carbocycles. The summed E-state index contributed by atoms with van der Waals surface area (Å²) >= 11 is 0. The minimum atomic E-state index is -0.255. The quantitative estimate of drug-likeness (QED) is 0.927. The first-order valence-corrected chi connectivity index (χ1v) is 8.47. The summed E-state index contributed by atoms with van der Waals surface area (Å²) in [5.41, 5.74) is 1.19. The molecule has 3 rings (SSSR count). The lowest BCUT2D eigenvalue weighted by Crippen LogP contribution is -2.42. The van der Waals surface area contributed by atoms with Crippen molar-refractivity contribution < 1.29 is 9.18 Å². The number of carbonyl (C=O) groups is 1. The molecule has 1 aliphatic carbocycles. The van der Waals surface area contributed by atoms with Gasteiger partial charge in [-0.2, -0.15) is 0 Å². The number of amides is 1. The molecular weight excluding hydrogens is 293 g/mol. The highest BCUT2D eigenvalue weighted by atomic mass is 19.1. The van der Waals surface area contributed by atoms with Crippen LogP contribution >= 0.6 is 0 Å². The summed E-state index contributed by atoms with van der Waals surface area (Å²) in [6.45, 7) is 3.79. The van der Waals surface area contributed by atoms with Gasteiger partial charge in [-0.15, -0.1) is 0 Å². The number of hydrogen-bond acceptors (Lipinski definition) is 3. The van der Waals surface area contributed by atoms with Crippen molar-refractivity contribution in [2.45, 2.75) is 32.2 Å². The number of rotatable bonds is 4. The topological polar surface area (TPSA) is 35.6 Å². The molecule has 1 amide bonds. The molecule has 1 heterocycles. The molecule has 23 heavy (non-hydrogen) atoms. The molecule has 2 fully saturated rings. The maximum atomic E-state index is 14.4. The van der Waals surface area contributed by atoms with Gasteiger partial charge in [0.2, 0.25) is 5.91 Å². The van der Waals surface area contributed by atoms with Gasteiger partial charge in [-0.3, -0.25) is 4.79 Å². The zero-order valence-corrected chi connectivity index (χ0v) is 14.2. The monoisotopic (exact) mass is 319 g/mol. The van der Waals surface area contributed by atoms with Gasteiger partial charge in [-0.05, 0) is 57.5 Å². The van der Waals surface area contributed by atoms with Gasteiger partial charge < -0.3 is 15.1 Å². The average Bonchev–Trinajstić information content (AvgIpc) is 3.25. The van der Waals surface area contributed by atoms with Crippen LogP contribution in [-0.2, 0) is 4.79 Å². The summed E-state index contributed by atoms with van der Waals surface area (Å²) in [7, 11) is 4.19. The predicted molar refractivity (Wildman–Crippen MR) is 91.2 cm³/mol. The molecule has 5 heteroatoms. The van der Waals surface area contributed by atoms with Gasteiger partial charge >= 0.3 is 0 Å². The maximum Gasteiger partial charge on any atom is 0.227 e. The minimum Gasteiger partial charge on any atom is -0.369 e. The minimum absolute atomic E-state index is 0.0106. The first kappa shape index (κ1) is 16.2. The molecule has 126 valence electrons. The molecule has 0 bridgehead atoms. The summed E-state index contributed by atoms with van der Waals surface area (Å²) < 4.78 is 14.4. The van der Waals surface area contributed by atoms with Crippen molar-refractivity contribution in [3.63, 3.8) is 0 Å². The van der Waals surface area contributed by atoms with E-state index in [9.17, 15) is 9.18 Å². The van der Waals surface area contributed by atoms with Crippen LogP contribution in [0.25, 0.3) is 0 Å². The van der Waals surface area contributed by atoms with Gasteiger partial charge in [0, 0.05) is 30.7 Å². The van der Waals surface area contributed by atoms with E-state index in [1.54, 1.807) is 12.1 Å². The van der Waals surface area contributed by atoms with Gasteiger partial charge in [0.1, 0.15) is 5.82 Å². The van der Waals surface area contributed by atoms with E-state index in [0.29, 0.717) is 23.3 Å².